The Bertz CT molecular complexity index is 678. The standard InChI is InChI=1S/C14H15FN4OS/c1-19(2)14-18-13(20-3)12(21-14)8-17-10-4-5-11(15)9(6-10)7-16/h4-6,17H,8H2,1-3H3. The number of aromatic nitrogens is 1. The zero-order chi connectivity index (χ0) is 15.4. The molecule has 0 bridgehead atoms. The fourth-order valence-corrected chi connectivity index (χ4v) is 2.58. The van der Waals surface area contributed by atoms with Gasteiger partial charge in [0.1, 0.15) is 11.9 Å². The van der Waals surface area contributed by atoms with Crippen LogP contribution >= 0.6 is 11.3 Å². The molecule has 7 heteroatoms. The van der Waals surface area contributed by atoms with Crippen LogP contribution in [-0.2, 0) is 6.54 Å². The van der Waals surface area contributed by atoms with E-state index >= 15 is 0 Å². The Morgan fingerprint density at radius 1 is 1.48 bits per heavy atom. The molecular formula is C14H15FN4OS. The summed E-state index contributed by atoms with van der Waals surface area (Å²) in [5.74, 6) is 0.0483. The highest BCUT2D eigenvalue weighted by atomic mass is 32.1. The van der Waals surface area contributed by atoms with Crippen LogP contribution in [-0.4, -0.2) is 26.2 Å². The van der Waals surface area contributed by atoms with Gasteiger partial charge in [0.2, 0.25) is 5.88 Å². The van der Waals surface area contributed by atoms with E-state index in [2.05, 4.69) is 10.3 Å². The first-order valence-electron chi connectivity index (χ1n) is 6.19. The first kappa shape index (κ1) is 15.1. The quantitative estimate of drug-likeness (QED) is 0.920. The second kappa shape index (κ2) is 6.41. The molecular weight excluding hydrogens is 291 g/mol. The summed E-state index contributed by atoms with van der Waals surface area (Å²) in [5.41, 5.74) is 0.694. The molecule has 0 saturated carbocycles. The summed E-state index contributed by atoms with van der Waals surface area (Å²) < 4.78 is 18.5. The van der Waals surface area contributed by atoms with Crippen LogP contribution in [0.5, 0.6) is 5.88 Å². The van der Waals surface area contributed by atoms with Gasteiger partial charge in [-0.3, -0.25) is 0 Å². The van der Waals surface area contributed by atoms with Crippen molar-refractivity contribution in [1.29, 1.82) is 5.26 Å². The van der Waals surface area contributed by atoms with E-state index in [1.165, 1.54) is 23.5 Å². The molecule has 0 atom stereocenters. The molecule has 1 aromatic heterocycles. The molecule has 0 saturated heterocycles. The molecule has 0 radical (unpaired) electrons. The van der Waals surface area contributed by atoms with Gasteiger partial charge in [-0.25, -0.2) is 4.39 Å². The lowest BCUT2D eigenvalue weighted by Gasteiger charge is -2.06. The first-order valence-corrected chi connectivity index (χ1v) is 7.01. The van der Waals surface area contributed by atoms with Gasteiger partial charge in [-0.1, -0.05) is 11.3 Å². The number of nitriles is 1. The molecule has 1 N–H and O–H groups in total. The van der Waals surface area contributed by atoms with E-state index in [-0.39, 0.29) is 5.56 Å². The lowest BCUT2D eigenvalue weighted by atomic mass is 10.2. The van der Waals surface area contributed by atoms with E-state index < -0.39 is 5.82 Å². The summed E-state index contributed by atoms with van der Waals surface area (Å²) in [4.78, 5) is 7.20. The molecule has 1 aromatic carbocycles. The van der Waals surface area contributed by atoms with Gasteiger partial charge in [0, 0.05) is 19.8 Å². The lowest BCUT2D eigenvalue weighted by Crippen LogP contribution is -2.07. The van der Waals surface area contributed by atoms with Gasteiger partial charge in [0.15, 0.2) is 5.13 Å². The Kier molecular flexibility index (Phi) is 4.60. The van der Waals surface area contributed by atoms with Crippen molar-refractivity contribution in [3.05, 3.63) is 34.5 Å². The van der Waals surface area contributed by atoms with Crippen molar-refractivity contribution in [2.45, 2.75) is 6.54 Å². The summed E-state index contributed by atoms with van der Waals surface area (Å²) in [5, 5.41) is 12.8. The first-order chi connectivity index (χ1) is 10.0. The van der Waals surface area contributed by atoms with Crippen molar-refractivity contribution in [2.24, 2.45) is 0 Å². The number of nitrogens with zero attached hydrogens (tertiary/aromatic N) is 3. The molecule has 0 amide bonds. The van der Waals surface area contributed by atoms with Crippen LogP contribution in [0.4, 0.5) is 15.2 Å². The Hall–Kier alpha value is -2.33. The average molecular weight is 306 g/mol. The number of nitrogens with one attached hydrogen (secondary N) is 1. The number of hydrogen-bond acceptors (Lipinski definition) is 6. The molecule has 1 heterocycles. The van der Waals surface area contributed by atoms with E-state index in [4.69, 9.17) is 10.00 Å². The lowest BCUT2D eigenvalue weighted by molar-refractivity contribution is 0.397. The maximum Gasteiger partial charge on any atom is 0.231 e. The van der Waals surface area contributed by atoms with E-state index in [1.807, 2.05) is 25.1 Å². The number of benzene rings is 1. The molecule has 2 rings (SSSR count). The minimum atomic E-state index is -0.520. The number of rotatable bonds is 5. The molecule has 2 aromatic rings. The predicted molar refractivity (Wildman–Crippen MR) is 81.4 cm³/mol. The smallest absolute Gasteiger partial charge is 0.231 e. The maximum absolute atomic E-state index is 13.3. The van der Waals surface area contributed by atoms with Crippen molar-refractivity contribution in [3.8, 4) is 11.9 Å². The molecule has 21 heavy (non-hydrogen) atoms. The second-order valence-corrected chi connectivity index (χ2v) is 5.55. The van der Waals surface area contributed by atoms with Gasteiger partial charge in [-0.05, 0) is 18.2 Å². The Balaban J connectivity index is 2.14. The van der Waals surface area contributed by atoms with Crippen molar-refractivity contribution >= 4 is 22.2 Å². The maximum atomic E-state index is 13.3. The monoisotopic (exact) mass is 306 g/mol. The zero-order valence-electron chi connectivity index (χ0n) is 12.0. The van der Waals surface area contributed by atoms with Crippen LogP contribution in [0.3, 0.4) is 0 Å². The van der Waals surface area contributed by atoms with Gasteiger partial charge < -0.3 is 15.0 Å². The summed E-state index contributed by atoms with van der Waals surface area (Å²) >= 11 is 1.51. The third-order valence-electron chi connectivity index (χ3n) is 2.77. The normalized spacial score (nSPS) is 10.0. The van der Waals surface area contributed by atoms with Crippen LogP contribution in [0.15, 0.2) is 18.2 Å². The second-order valence-electron chi connectivity index (χ2n) is 4.48. The third kappa shape index (κ3) is 3.41. The van der Waals surface area contributed by atoms with Crippen LogP contribution in [0.2, 0.25) is 0 Å². The molecule has 5 nitrogen and oxygen atoms in total. The fourth-order valence-electron chi connectivity index (χ4n) is 1.69. The Labute approximate surface area is 126 Å². The molecule has 0 fully saturated rings. The van der Waals surface area contributed by atoms with Crippen molar-refractivity contribution in [3.63, 3.8) is 0 Å². The highest BCUT2D eigenvalue weighted by Crippen LogP contribution is 2.31. The Morgan fingerprint density at radius 3 is 2.86 bits per heavy atom. The molecule has 0 aliphatic carbocycles. The van der Waals surface area contributed by atoms with Gasteiger partial charge in [-0.2, -0.15) is 10.2 Å². The third-order valence-corrected chi connectivity index (χ3v) is 3.97. The van der Waals surface area contributed by atoms with E-state index in [9.17, 15) is 4.39 Å². The number of hydrogen-bond donors (Lipinski definition) is 1. The van der Waals surface area contributed by atoms with Crippen LogP contribution in [0, 0.1) is 17.1 Å². The topological polar surface area (TPSA) is 61.2 Å². The number of ether oxygens (including phenoxy) is 1. The molecule has 110 valence electrons. The van der Waals surface area contributed by atoms with Gasteiger partial charge in [0.05, 0.1) is 24.1 Å². The minimum absolute atomic E-state index is 0.0188. The highest BCUT2D eigenvalue weighted by Gasteiger charge is 2.13. The number of methoxy groups -OCH3 is 1. The summed E-state index contributed by atoms with van der Waals surface area (Å²) in [7, 11) is 5.40. The summed E-state index contributed by atoms with van der Waals surface area (Å²) in [6.45, 7) is 0.491. The largest absolute Gasteiger partial charge is 0.480 e. The van der Waals surface area contributed by atoms with E-state index in [0.717, 1.165) is 10.0 Å². The highest BCUT2D eigenvalue weighted by molar-refractivity contribution is 7.15. The van der Waals surface area contributed by atoms with Crippen molar-refractivity contribution in [2.75, 3.05) is 31.4 Å². The van der Waals surface area contributed by atoms with Gasteiger partial charge in [-0.15, -0.1) is 0 Å². The predicted octanol–water partition coefficient (Wildman–Crippen LogP) is 2.84. The number of halogens is 1. The molecule has 0 unspecified atom stereocenters. The summed E-state index contributed by atoms with van der Waals surface area (Å²) in [6.07, 6.45) is 0. The molecule has 0 aliphatic heterocycles. The zero-order valence-corrected chi connectivity index (χ0v) is 12.8. The Morgan fingerprint density at radius 2 is 2.24 bits per heavy atom. The molecule has 0 spiro atoms. The van der Waals surface area contributed by atoms with Crippen LogP contribution in [0.25, 0.3) is 0 Å². The van der Waals surface area contributed by atoms with Crippen molar-refractivity contribution < 1.29 is 9.13 Å². The van der Waals surface area contributed by atoms with Gasteiger partial charge in [0.25, 0.3) is 0 Å². The van der Waals surface area contributed by atoms with Crippen LogP contribution < -0.4 is 15.0 Å². The van der Waals surface area contributed by atoms with Gasteiger partial charge >= 0.3 is 0 Å². The van der Waals surface area contributed by atoms with E-state index in [0.29, 0.717) is 18.1 Å². The number of anilines is 2. The summed E-state index contributed by atoms with van der Waals surface area (Å²) in [6, 6.07) is 6.17. The van der Waals surface area contributed by atoms with Crippen LogP contribution in [0.1, 0.15) is 10.4 Å². The fraction of sp³-hybridized carbons (Fsp3) is 0.286. The average Bonchev–Trinajstić information content (AvgIpc) is 2.90. The number of thiazole rings is 1. The molecule has 0 aliphatic rings. The minimum Gasteiger partial charge on any atom is -0.480 e. The van der Waals surface area contributed by atoms with Crippen molar-refractivity contribution in [1.82, 2.24) is 4.98 Å². The SMILES string of the molecule is COc1nc(N(C)C)sc1CNc1ccc(F)c(C#N)c1. The van der Waals surface area contributed by atoms with E-state index in [1.54, 1.807) is 13.2 Å².